The van der Waals surface area contributed by atoms with Crippen LogP contribution in [-0.2, 0) is 0 Å². The van der Waals surface area contributed by atoms with Crippen LogP contribution >= 0.6 is 0 Å². The molecule has 1 aromatic carbocycles. The van der Waals surface area contributed by atoms with Gasteiger partial charge in [-0.25, -0.2) is 0 Å². The van der Waals surface area contributed by atoms with Gasteiger partial charge >= 0.3 is 0 Å². The molecule has 0 aliphatic heterocycles. The smallest absolute Gasteiger partial charge is 0.0340 e. The zero-order chi connectivity index (χ0) is 11.1. The molecular weight excluding hydrogens is 184 g/mol. The Morgan fingerprint density at radius 1 is 1.40 bits per heavy atom. The highest BCUT2D eigenvalue weighted by Crippen LogP contribution is 2.08. The van der Waals surface area contributed by atoms with Crippen molar-refractivity contribution >= 4 is 11.4 Å². The molecule has 1 rings (SSSR count). The third kappa shape index (κ3) is 4.45. The number of rotatable bonds is 5. The van der Waals surface area contributed by atoms with Crippen molar-refractivity contribution in [2.45, 2.75) is 20.3 Å². The van der Waals surface area contributed by atoms with E-state index >= 15 is 0 Å². The first kappa shape index (κ1) is 11.5. The molecule has 80 valence electrons. The van der Waals surface area contributed by atoms with Gasteiger partial charge in [0.05, 0.1) is 0 Å². The predicted octanol–water partition coefficient (Wildman–Crippen LogP) is 3.40. The van der Waals surface area contributed by atoms with Crippen molar-refractivity contribution in [3.05, 3.63) is 42.6 Å². The second-order valence-corrected chi connectivity index (χ2v) is 3.59. The SMILES string of the molecule is C=CN=C(C)CCNc1ccc(C)cc1. The van der Waals surface area contributed by atoms with E-state index in [1.54, 1.807) is 6.20 Å². The molecule has 0 saturated carbocycles. The van der Waals surface area contributed by atoms with Crippen LogP contribution in [0.1, 0.15) is 18.9 Å². The van der Waals surface area contributed by atoms with Crippen LogP contribution in [0, 0.1) is 6.92 Å². The molecule has 0 aliphatic rings. The number of hydrogen-bond acceptors (Lipinski definition) is 2. The van der Waals surface area contributed by atoms with Gasteiger partial charge in [-0.2, -0.15) is 0 Å². The first-order chi connectivity index (χ1) is 7.22. The highest BCUT2D eigenvalue weighted by Gasteiger charge is 1.92. The van der Waals surface area contributed by atoms with E-state index in [-0.39, 0.29) is 0 Å². The van der Waals surface area contributed by atoms with Crippen molar-refractivity contribution in [1.29, 1.82) is 0 Å². The Morgan fingerprint density at radius 3 is 2.67 bits per heavy atom. The van der Waals surface area contributed by atoms with E-state index in [4.69, 9.17) is 0 Å². The van der Waals surface area contributed by atoms with Gasteiger partial charge in [0.2, 0.25) is 0 Å². The topological polar surface area (TPSA) is 24.4 Å². The minimum Gasteiger partial charge on any atom is -0.385 e. The van der Waals surface area contributed by atoms with Gasteiger partial charge in [0.1, 0.15) is 0 Å². The van der Waals surface area contributed by atoms with Crippen LogP contribution in [0.25, 0.3) is 0 Å². The van der Waals surface area contributed by atoms with Crippen molar-refractivity contribution in [3.8, 4) is 0 Å². The summed E-state index contributed by atoms with van der Waals surface area (Å²) >= 11 is 0. The lowest BCUT2D eigenvalue weighted by Gasteiger charge is -2.05. The monoisotopic (exact) mass is 202 g/mol. The third-order valence-electron chi connectivity index (χ3n) is 2.18. The molecule has 0 unspecified atom stereocenters. The van der Waals surface area contributed by atoms with Gasteiger partial charge < -0.3 is 5.32 Å². The van der Waals surface area contributed by atoms with Gasteiger partial charge in [-0.1, -0.05) is 24.3 Å². The Bertz CT molecular complexity index is 336. The van der Waals surface area contributed by atoms with E-state index in [1.165, 1.54) is 5.56 Å². The quantitative estimate of drug-likeness (QED) is 0.727. The van der Waals surface area contributed by atoms with E-state index in [0.29, 0.717) is 0 Å². The van der Waals surface area contributed by atoms with E-state index in [2.05, 4.69) is 48.1 Å². The van der Waals surface area contributed by atoms with Crippen LogP contribution in [0.15, 0.2) is 42.0 Å². The summed E-state index contributed by atoms with van der Waals surface area (Å²) < 4.78 is 0. The summed E-state index contributed by atoms with van der Waals surface area (Å²) in [5, 5.41) is 3.35. The fraction of sp³-hybridized carbons (Fsp3) is 0.308. The summed E-state index contributed by atoms with van der Waals surface area (Å²) in [4.78, 5) is 4.11. The van der Waals surface area contributed by atoms with Crippen LogP contribution in [0.2, 0.25) is 0 Å². The van der Waals surface area contributed by atoms with Gasteiger partial charge in [0.25, 0.3) is 0 Å². The van der Waals surface area contributed by atoms with Gasteiger partial charge in [-0.05, 0) is 26.0 Å². The molecule has 1 aromatic rings. The van der Waals surface area contributed by atoms with Crippen LogP contribution in [0.4, 0.5) is 5.69 Å². The van der Waals surface area contributed by atoms with E-state index in [0.717, 1.165) is 24.4 Å². The maximum Gasteiger partial charge on any atom is 0.0340 e. The molecule has 2 heteroatoms. The Hall–Kier alpha value is -1.57. The zero-order valence-corrected chi connectivity index (χ0v) is 9.46. The molecule has 0 bridgehead atoms. The summed E-state index contributed by atoms with van der Waals surface area (Å²) in [6.45, 7) is 8.58. The first-order valence-corrected chi connectivity index (χ1v) is 5.17. The maximum absolute atomic E-state index is 4.11. The number of anilines is 1. The molecule has 0 atom stereocenters. The number of aliphatic imine (C=N–C) groups is 1. The van der Waals surface area contributed by atoms with Crippen LogP contribution in [-0.4, -0.2) is 12.3 Å². The predicted molar refractivity (Wildman–Crippen MR) is 67.6 cm³/mol. The molecule has 1 N–H and O–H groups in total. The lowest BCUT2D eigenvalue weighted by Crippen LogP contribution is -2.05. The average Bonchev–Trinajstić information content (AvgIpc) is 2.21. The van der Waals surface area contributed by atoms with Crippen molar-refractivity contribution in [3.63, 3.8) is 0 Å². The summed E-state index contributed by atoms with van der Waals surface area (Å²) in [5.41, 5.74) is 3.54. The first-order valence-electron chi connectivity index (χ1n) is 5.17. The number of benzene rings is 1. The van der Waals surface area contributed by atoms with E-state index in [1.807, 2.05) is 6.92 Å². The van der Waals surface area contributed by atoms with Crippen molar-refractivity contribution < 1.29 is 0 Å². The molecule has 2 nitrogen and oxygen atoms in total. The average molecular weight is 202 g/mol. The minimum atomic E-state index is 0.909. The molecule has 0 saturated heterocycles. The lowest BCUT2D eigenvalue weighted by atomic mass is 10.2. The Kier molecular flexibility index (Phi) is 4.61. The molecule has 15 heavy (non-hydrogen) atoms. The highest BCUT2D eigenvalue weighted by atomic mass is 14.9. The molecule has 0 amide bonds. The van der Waals surface area contributed by atoms with Crippen LogP contribution in [0.5, 0.6) is 0 Å². The molecule has 0 aromatic heterocycles. The summed E-state index contributed by atoms with van der Waals surface area (Å²) in [5.74, 6) is 0. The van der Waals surface area contributed by atoms with Crippen LogP contribution in [0.3, 0.4) is 0 Å². The summed E-state index contributed by atoms with van der Waals surface area (Å²) in [6, 6.07) is 8.39. The minimum absolute atomic E-state index is 0.909. The second kappa shape index (κ2) is 6.02. The fourth-order valence-corrected chi connectivity index (χ4v) is 1.28. The number of nitrogens with zero attached hydrogens (tertiary/aromatic N) is 1. The van der Waals surface area contributed by atoms with Gasteiger partial charge in [-0.15, -0.1) is 0 Å². The summed E-state index contributed by atoms with van der Waals surface area (Å²) in [6.07, 6.45) is 2.53. The summed E-state index contributed by atoms with van der Waals surface area (Å²) in [7, 11) is 0. The number of aryl methyl sites for hydroxylation is 1. The van der Waals surface area contributed by atoms with E-state index in [9.17, 15) is 0 Å². The van der Waals surface area contributed by atoms with Gasteiger partial charge in [0.15, 0.2) is 0 Å². The lowest BCUT2D eigenvalue weighted by molar-refractivity contribution is 1.10. The van der Waals surface area contributed by atoms with Crippen molar-refractivity contribution in [1.82, 2.24) is 0 Å². The highest BCUT2D eigenvalue weighted by molar-refractivity contribution is 5.82. The fourth-order valence-electron chi connectivity index (χ4n) is 1.28. The molecule has 0 fully saturated rings. The van der Waals surface area contributed by atoms with E-state index < -0.39 is 0 Å². The Morgan fingerprint density at radius 2 is 2.07 bits per heavy atom. The zero-order valence-electron chi connectivity index (χ0n) is 9.46. The van der Waals surface area contributed by atoms with Crippen molar-refractivity contribution in [2.75, 3.05) is 11.9 Å². The molecule has 0 heterocycles. The second-order valence-electron chi connectivity index (χ2n) is 3.59. The number of nitrogens with one attached hydrogen (secondary N) is 1. The standard InChI is InChI=1S/C13H18N2/c1-4-14-12(3)9-10-15-13-7-5-11(2)6-8-13/h4-8,15H,1,9-10H2,2-3H3. The normalized spacial score (nSPS) is 11.2. The van der Waals surface area contributed by atoms with Gasteiger partial charge in [0, 0.05) is 30.6 Å². The molecule has 0 spiro atoms. The van der Waals surface area contributed by atoms with Crippen molar-refractivity contribution in [2.24, 2.45) is 4.99 Å². The third-order valence-corrected chi connectivity index (χ3v) is 2.18. The Labute approximate surface area is 91.7 Å². The van der Waals surface area contributed by atoms with Gasteiger partial charge in [-0.3, -0.25) is 4.99 Å². The Balaban J connectivity index is 2.35. The van der Waals surface area contributed by atoms with Crippen LogP contribution < -0.4 is 5.32 Å². The number of hydrogen-bond donors (Lipinski definition) is 1. The largest absolute Gasteiger partial charge is 0.385 e. The maximum atomic E-state index is 4.11. The molecule has 0 radical (unpaired) electrons. The molecule has 0 aliphatic carbocycles. The molecular formula is C13H18N2.